The monoisotopic (exact) mass is 231 g/mol. The maximum atomic E-state index is 5.31. The third-order valence-corrected chi connectivity index (χ3v) is 2.72. The van der Waals surface area contributed by atoms with Crippen molar-refractivity contribution < 1.29 is 4.52 Å². The molecule has 1 N–H and O–H groups in total. The molecule has 4 nitrogen and oxygen atoms in total. The molecule has 0 fully saturated rings. The average molecular weight is 231 g/mol. The van der Waals surface area contributed by atoms with E-state index in [1.807, 2.05) is 37.4 Å². The molecular formula is C13H17N3O. The van der Waals surface area contributed by atoms with Crippen LogP contribution in [-0.4, -0.2) is 17.2 Å². The highest BCUT2D eigenvalue weighted by molar-refractivity contribution is 5.53. The van der Waals surface area contributed by atoms with Gasteiger partial charge < -0.3 is 9.84 Å². The van der Waals surface area contributed by atoms with Crippen LogP contribution in [0.2, 0.25) is 0 Å². The van der Waals surface area contributed by atoms with Crippen molar-refractivity contribution >= 4 is 0 Å². The standard InChI is InChI=1S/C13H17N3O/c1-9(2)11(14-3)13-15-12(16-17-13)10-7-5-4-6-8-10/h4-9,11,14H,1-3H3/t11-/m0/s1. The van der Waals surface area contributed by atoms with Crippen LogP contribution in [-0.2, 0) is 0 Å². The number of nitrogens with zero attached hydrogens (tertiary/aromatic N) is 2. The molecule has 4 heteroatoms. The summed E-state index contributed by atoms with van der Waals surface area (Å²) in [4.78, 5) is 4.43. The van der Waals surface area contributed by atoms with Gasteiger partial charge in [-0.2, -0.15) is 4.98 Å². The van der Waals surface area contributed by atoms with Crippen LogP contribution >= 0.6 is 0 Å². The van der Waals surface area contributed by atoms with Crippen LogP contribution in [0.3, 0.4) is 0 Å². The van der Waals surface area contributed by atoms with E-state index in [9.17, 15) is 0 Å². The van der Waals surface area contributed by atoms with Gasteiger partial charge in [-0.05, 0) is 13.0 Å². The molecule has 0 spiro atoms. The topological polar surface area (TPSA) is 51.0 Å². The minimum atomic E-state index is 0.0972. The zero-order chi connectivity index (χ0) is 12.3. The van der Waals surface area contributed by atoms with Crippen LogP contribution in [0.15, 0.2) is 34.9 Å². The molecule has 0 aliphatic rings. The zero-order valence-electron chi connectivity index (χ0n) is 10.3. The largest absolute Gasteiger partial charge is 0.337 e. The average Bonchev–Trinajstić information content (AvgIpc) is 2.80. The summed E-state index contributed by atoms with van der Waals surface area (Å²) >= 11 is 0. The lowest BCUT2D eigenvalue weighted by atomic mass is 10.1. The van der Waals surface area contributed by atoms with Crippen LogP contribution in [0.4, 0.5) is 0 Å². The smallest absolute Gasteiger partial charge is 0.244 e. The summed E-state index contributed by atoms with van der Waals surface area (Å²) < 4.78 is 5.31. The Labute approximate surface area is 101 Å². The van der Waals surface area contributed by atoms with Crippen molar-refractivity contribution in [3.63, 3.8) is 0 Å². The predicted octanol–water partition coefficient (Wildman–Crippen LogP) is 2.65. The fraction of sp³-hybridized carbons (Fsp3) is 0.385. The van der Waals surface area contributed by atoms with Crippen LogP contribution in [0.25, 0.3) is 11.4 Å². The van der Waals surface area contributed by atoms with E-state index in [4.69, 9.17) is 4.52 Å². The van der Waals surface area contributed by atoms with Crippen molar-refractivity contribution in [2.24, 2.45) is 5.92 Å². The van der Waals surface area contributed by atoms with Gasteiger partial charge in [-0.3, -0.25) is 0 Å². The maximum absolute atomic E-state index is 5.31. The molecule has 0 aliphatic carbocycles. The van der Waals surface area contributed by atoms with Crippen molar-refractivity contribution in [3.8, 4) is 11.4 Å². The van der Waals surface area contributed by atoms with Gasteiger partial charge in [0.1, 0.15) is 0 Å². The Kier molecular flexibility index (Phi) is 3.54. The van der Waals surface area contributed by atoms with Crippen molar-refractivity contribution in [1.82, 2.24) is 15.5 Å². The first kappa shape index (κ1) is 11.8. The summed E-state index contributed by atoms with van der Waals surface area (Å²) in [5, 5.41) is 7.20. The van der Waals surface area contributed by atoms with Gasteiger partial charge in [0.15, 0.2) is 0 Å². The summed E-state index contributed by atoms with van der Waals surface area (Å²) in [5.74, 6) is 1.69. The molecule has 0 amide bonds. The molecule has 1 heterocycles. The molecule has 0 aliphatic heterocycles. The summed E-state index contributed by atoms with van der Waals surface area (Å²) in [5.41, 5.74) is 0.973. The number of aromatic nitrogens is 2. The molecule has 0 saturated heterocycles. The molecule has 0 saturated carbocycles. The molecule has 1 aromatic carbocycles. The number of rotatable bonds is 4. The van der Waals surface area contributed by atoms with Crippen molar-refractivity contribution in [2.45, 2.75) is 19.9 Å². The highest BCUT2D eigenvalue weighted by atomic mass is 16.5. The lowest BCUT2D eigenvalue weighted by molar-refractivity contribution is 0.300. The fourth-order valence-corrected chi connectivity index (χ4v) is 1.81. The van der Waals surface area contributed by atoms with E-state index in [2.05, 4.69) is 29.3 Å². The van der Waals surface area contributed by atoms with Crippen LogP contribution in [0, 0.1) is 5.92 Å². The summed E-state index contributed by atoms with van der Waals surface area (Å²) in [6.07, 6.45) is 0. The van der Waals surface area contributed by atoms with Gasteiger partial charge in [0.2, 0.25) is 11.7 Å². The number of nitrogens with one attached hydrogen (secondary N) is 1. The third kappa shape index (κ3) is 2.53. The first-order valence-corrected chi connectivity index (χ1v) is 5.78. The molecule has 1 atom stereocenters. The summed E-state index contributed by atoms with van der Waals surface area (Å²) in [6.45, 7) is 4.24. The highest BCUT2D eigenvalue weighted by Crippen LogP contribution is 2.22. The van der Waals surface area contributed by atoms with Gasteiger partial charge in [0, 0.05) is 5.56 Å². The second kappa shape index (κ2) is 5.10. The molecule has 0 unspecified atom stereocenters. The molecule has 2 aromatic rings. The number of hydrogen-bond donors (Lipinski definition) is 1. The van der Waals surface area contributed by atoms with Crippen LogP contribution in [0.5, 0.6) is 0 Å². The van der Waals surface area contributed by atoms with Gasteiger partial charge in [-0.1, -0.05) is 49.3 Å². The second-order valence-corrected chi connectivity index (χ2v) is 4.33. The van der Waals surface area contributed by atoms with E-state index in [0.29, 0.717) is 17.6 Å². The SMILES string of the molecule is CN[C@H](c1nc(-c2ccccc2)no1)C(C)C. The zero-order valence-corrected chi connectivity index (χ0v) is 10.3. The van der Waals surface area contributed by atoms with E-state index in [1.54, 1.807) is 0 Å². The quantitative estimate of drug-likeness (QED) is 0.878. The van der Waals surface area contributed by atoms with Crippen molar-refractivity contribution in [1.29, 1.82) is 0 Å². The summed E-state index contributed by atoms with van der Waals surface area (Å²) in [7, 11) is 1.90. The maximum Gasteiger partial charge on any atom is 0.244 e. The van der Waals surface area contributed by atoms with Gasteiger partial charge >= 0.3 is 0 Å². The Morgan fingerprint density at radius 1 is 1.18 bits per heavy atom. The molecule has 0 bridgehead atoms. The molecule has 0 radical (unpaired) electrons. The second-order valence-electron chi connectivity index (χ2n) is 4.33. The van der Waals surface area contributed by atoms with E-state index in [0.717, 1.165) is 5.56 Å². The van der Waals surface area contributed by atoms with Crippen LogP contribution < -0.4 is 5.32 Å². The van der Waals surface area contributed by atoms with Crippen LogP contribution in [0.1, 0.15) is 25.8 Å². The lowest BCUT2D eigenvalue weighted by Crippen LogP contribution is -2.21. The molecule has 90 valence electrons. The van der Waals surface area contributed by atoms with E-state index < -0.39 is 0 Å². The number of benzene rings is 1. The molecule has 1 aromatic heterocycles. The lowest BCUT2D eigenvalue weighted by Gasteiger charge is -2.14. The summed E-state index contributed by atoms with van der Waals surface area (Å²) in [6, 6.07) is 9.93. The van der Waals surface area contributed by atoms with Gasteiger partial charge in [-0.25, -0.2) is 0 Å². The third-order valence-electron chi connectivity index (χ3n) is 2.72. The predicted molar refractivity (Wildman–Crippen MR) is 66.4 cm³/mol. The molecule has 17 heavy (non-hydrogen) atoms. The Morgan fingerprint density at radius 3 is 2.47 bits per heavy atom. The first-order chi connectivity index (χ1) is 8.22. The van der Waals surface area contributed by atoms with Gasteiger partial charge in [0.25, 0.3) is 0 Å². The Bertz CT molecular complexity index is 465. The minimum Gasteiger partial charge on any atom is -0.337 e. The minimum absolute atomic E-state index is 0.0972. The Morgan fingerprint density at radius 2 is 1.88 bits per heavy atom. The fourth-order valence-electron chi connectivity index (χ4n) is 1.81. The normalized spacial score (nSPS) is 12.9. The number of hydrogen-bond acceptors (Lipinski definition) is 4. The van der Waals surface area contributed by atoms with E-state index in [1.165, 1.54) is 0 Å². The van der Waals surface area contributed by atoms with Crippen molar-refractivity contribution in [3.05, 3.63) is 36.2 Å². The Hall–Kier alpha value is -1.68. The highest BCUT2D eigenvalue weighted by Gasteiger charge is 2.20. The van der Waals surface area contributed by atoms with Gasteiger partial charge in [0.05, 0.1) is 6.04 Å². The van der Waals surface area contributed by atoms with E-state index >= 15 is 0 Å². The Balaban J connectivity index is 2.27. The van der Waals surface area contributed by atoms with E-state index in [-0.39, 0.29) is 6.04 Å². The first-order valence-electron chi connectivity index (χ1n) is 5.78. The van der Waals surface area contributed by atoms with Gasteiger partial charge in [-0.15, -0.1) is 0 Å². The molecule has 2 rings (SSSR count). The molecular weight excluding hydrogens is 214 g/mol. The van der Waals surface area contributed by atoms with Crippen molar-refractivity contribution in [2.75, 3.05) is 7.05 Å².